The number of rotatable bonds is 10. The van der Waals surface area contributed by atoms with Crippen LogP contribution in [0, 0.1) is 0 Å². The molecule has 0 fully saturated rings. The van der Waals surface area contributed by atoms with Gasteiger partial charge in [0.2, 0.25) is 5.95 Å². The largest absolute Gasteiger partial charge is 0.493 e. The zero-order valence-corrected chi connectivity index (χ0v) is 20.5. The molecular weight excluding hydrogens is 446 g/mol. The Bertz CT molecular complexity index is 1220. The van der Waals surface area contributed by atoms with Crippen LogP contribution in [-0.4, -0.2) is 41.0 Å². The number of allylic oxidation sites excluding steroid dienone is 1. The normalized spacial score (nSPS) is 14.7. The minimum Gasteiger partial charge on any atom is -0.493 e. The van der Waals surface area contributed by atoms with Crippen LogP contribution in [0.4, 0.5) is 11.6 Å². The zero-order chi connectivity index (χ0) is 24.8. The summed E-state index contributed by atoms with van der Waals surface area (Å²) in [6.45, 7) is 6.98. The molecule has 1 aliphatic rings. The summed E-state index contributed by atoms with van der Waals surface area (Å²) in [6.07, 6.45) is 3.46. The van der Waals surface area contributed by atoms with E-state index >= 15 is 0 Å². The first-order chi connectivity index (χ1) is 17.1. The molecule has 2 N–H and O–H groups in total. The molecule has 1 unspecified atom stereocenters. The van der Waals surface area contributed by atoms with E-state index < -0.39 is 6.04 Å². The Morgan fingerprint density at radius 3 is 2.71 bits per heavy atom. The van der Waals surface area contributed by atoms with Gasteiger partial charge in [-0.15, -0.1) is 0 Å². The molecule has 9 heteroatoms. The molecule has 2 heterocycles. The number of para-hydroxylation sites is 2. The average Bonchev–Trinajstić information content (AvgIpc) is 3.33. The molecule has 4 rings (SSSR count). The molecule has 0 bridgehead atoms. The van der Waals surface area contributed by atoms with Crippen LogP contribution in [0.25, 0.3) is 0 Å². The van der Waals surface area contributed by atoms with Gasteiger partial charge in [-0.3, -0.25) is 4.79 Å². The summed E-state index contributed by atoms with van der Waals surface area (Å²) in [5.41, 5.74) is 2.61. The zero-order valence-electron chi connectivity index (χ0n) is 20.5. The van der Waals surface area contributed by atoms with E-state index in [9.17, 15) is 4.79 Å². The van der Waals surface area contributed by atoms with Crippen LogP contribution >= 0.6 is 0 Å². The highest BCUT2D eigenvalue weighted by atomic mass is 16.5. The van der Waals surface area contributed by atoms with Crippen LogP contribution in [0.1, 0.15) is 45.2 Å². The van der Waals surface area contributed by atoms with E-state index in [4.69, 9.17) is 14.2 Å². The van der Waals surface area contributed by atoms with Crippen LogP contribution in [0.5, 0.6) is 17.2 Å². The number of methoxy groups -OCH3 is 1. The maximum atomic E-state index is 13.7. The van der Waals surface area contributed by atoms with Crippen LogP contribution in [0.3, 0.4) is 0 Å². The predicted octanol–water partition coefficient (Wildman–Crippen LogP) is 4.79. The number of nitrogens with one attached hydrogen (secondary N) is 2. The lowest BCUT2D eigenvalue weighted by atomic mass is 9.94. The first-order valence-electron chi connectivity index (χ1n) is 11.8. The van der Waals surface area contributed by atoms with Crippen molar-refractivity contribution < 1.29 is 19.0 Å². The van der Waals surface area contributed by atoms with E-state index in [0.717, 1.165) is 18.4 Å². The summed E-state index contributed by atoms with van der Waals surface area (Å²) >= 11 is 0. The van der Waals surface area contributed by atoms with Gasteiger partial charge in [0.25, 0.3) is 5.91 Å². The van der Waals surface area contributed by atoms with Gasteiger partial charge in [-0.2, -0.15) is 10.1 Å². The number of ether oxygens (including phenoxy) is 3. The Hall–Kier alpha value is -4.01. The summed E-state index contributed by atoms with van der Waals surface area (Å²) in [6, 6.07) is 12.5. The van der Waals surface area contributed by atoms with E-state index in [1.54, 1.807) is 11.8 Å². The number of hydrogen-bond acceptors (Lipinski definition) is 7. The molecule has 0 saturated heterocycles. The highest BCUT2D eigenvalue weighted by Gasteiger charge is 2.34. The molecule has 0 saturated carbocycles. The molecule has 35 heavy (non-hydrogen) atoms. The second-order valence-corrected chi connectivity index (χ2v) is 8.09. The lowest BCUT2D eigenvalue weighted by molar-refractivity contribution is -0.113. The van der Waals surface area contributed by atoms with Crippen molar-refractivity contribution >= 4 is 17.5 Å². The van der Waals surface area contributed by atoms with E-state index in [1.165, 1.54) is 6.33 Å². The van der Waals surface area contributed by atoms with Crippen LogP contribution in [-0.2, 0) is 4.79 Å². The van der Waals surface area contributed by atoms with Crippen molar-refractivity contribution in [1.29, 1.82) is 0 Å². The van der Waals surface area contributed by atoms with Crippen molar-refractivity contribution in [3.8, 4) is 17.2 Å². The summed E-state index contributed by atoms with van der Waals surface area (Å²) in [5, 5.41) is 10.6. The van der Waals surface area contributed by atoms with E-state index in [0.29, 0.717) is 53.4 Å². The molecule has 1 atom stereocenters. The highest BCUT2D eigenvalue weighted by Crippen LogP contribution is 2.39. The lowest BCUT2D eigenvalue weighted by Crippen LogP contribution is -2.31. The third-order valence-electron chi connectivity index (χ3n) is 5.73. The number of benzene rings is 2. The van der Waals surface area contributed by atoms with Crippen LogP contribution in [0.15, 0.2) is 60.1 Å². The smallest absolute Gasteiger partial charge is 0.255 e. The molecule has 0 radical (unpaired) electrons. The molecule has 1 amide bonds. The Morgan fingerprint density at radius 2 is 1.94 bits per heavy atom. The maximum absolute atomic E-state index is 13.7. The van der Waals surface area contributed by atoms with Gasteiger partial charge in [0.1, 0.15) is 18.1 Å². The molecule has 184 valence electrons. The van der Waals surface area contributed by atoms with Crippen LogP contribution in [0.2, 0.25) is 0 Å². The van der Waals surface area contributed by atoms with Crippen molar-refractivity contribution in [2.75, 3.05) is 31.0 Å². The third-order valence-corrected chi connectivity index (χ3v) is 5.73. The monoisotopic (exact) mass is 477 g/mol. The summed E-state index contributed by atoms with van der Waals surface area (Å²) < 4.78 is 18.9. The van der Waals surface area contributed by atoms with Gasteiger partial charge in [0, 0.05) is 5.70 Å². The molecule has 1 aromatic heterocycles. The standard InChI is InChI=1S/C26H31N5O4/c1-5-7-14-35-21-13-12-18(15-22(21)33-4)24-23(17(3)29-26-27-16-28-31(24)26)25(32)30-19-10-8-9-11-20(19)34-6-2/h8-13,15-16,24H,5-7,14H2,1-4H3,(H,30,32)(H,27,28,29). The SMILES string of the molecule is CCCCOc1ccc(C2C(C(=O)Nc3ccccc3OCC)=C(C)Nc3ncnn32)cc1OC. The quantitative estimate of drug-likeness (QED) is 0.405. The lowest BCUT2D eigenvalue weighted by Gasteiger charge is -2.29. The number of nitrogens with zero attached hydrogens (tertiary/aromatic N) is 3. The van der Waals surface area contributed by atoms with Crippen molar-refractivity contribution in [3.63, 3.8) is 0 Å². The molecule has 9 nitrogen and oxygen atoms in total. The van der Waals surface area contributed by atoms with Gasteiger partial charge in [0.15, 0.2) is 11.5 Å². The van der Waals surface area contributed by atoms with Crippen molar-refractivity contribution in [2.24, 2.45) is 0 Å². The van der Waals surface area contributed by atoms with E-state index in [1.807, 2.05) is 56.3 Å². The fourth-order valence-electron chi connectivity index (χ4n) is 4.03. The molecule has 2 aromatic carbocycles. The molecule has 3 aromatic rings. The minimum absolute atomic E-state index is 0.268. The Morgan fingerprint density at radius 1 is 1.11 bits per heavy atom. The maximum Gasteiger partial charge on any atom is 0.255 e. The average molecular weight is 478 g/mol. The summed E-state index contributed by atoms with van der Waals surface area (Å²) in [7, 11) is 1.61. The number of amides is 1. The molecule has 0 spiro atoms. The number of carbonyl (C=O) groups is 1. The van der Waals surface area contributed by atoms with Gasteiger partial charge in [-0.1, -0.05) is 31.5 Å². The van der Waals surface area contributed by atoms with E-state index in [-0.39, 0.29) is 5.91 Å². The van der Waals surface area contributed by atoms with Crippen molar-refractivity contribution in [1.82, 2.24) is 14.8 Å². The molecular formula is C26H31N5O4. The Kier molecular flexibility index (Phi) is 7.54. The van der Waals surface area contributed by atoms with Gasteiger partial charge in [-0.05, 0) is 50.1 Å². The predicted molar refractivity (Wildman–Crippen MR) is 134 cm³/mol. The Labute approximate surface area is 205 Å². The van der Waals surface area contributed by atoms with Gasteiger partial charge >= 0.3 is 0 Å². The first kappa shape index (κ1) is 24.1. The number of aromatic nitrogens is 3. The molecule has 1 aliphatic heterocycles. The second-order valence-electron chi connectivity index (χ2n) is 8.09. The van der Waals surface area contributed by atoms with Crippen LogP contribution < -0.4 is 24.8 Å². The minimum atomic E-state index is -0.522. The van der Waals surface area contributed by atoms with Gasteiger partial charge in [-0.25, -0.2) is 4.68 Å². The molecule has 0 aliphatic carbocycles. The van der Waals surface area contributed by atoms with Gasteiger partial charge < -0.3 is 24.8 Å². The summed E-state index contributed by atoms with van der Waals surface area (Å²) in [5.74, 6) is 2.16. The number of unbranched alkanes of at least 4 members (excludes halogenated alkanes) is 1. The summed E-state index contributed by atoms with van der Waals surface area (Å²) in [4.78, 5) is 18.0. The topological polar surface area (TPSA) is 99.5 Å². The van der Waals surface area contributed by atoms with E-state index in [2.05, 4.69) is 27.6 Å². The fraction of sp³-hybridized carbons (Fsp3) is 0.346. The number of fused-ring (bicyclic) bond motifs is 1. The number of anilines is 2. The third kappa shape index (κ3) is 5.08. The van der Waals surface area contributed by atoms with Crippen molar-refractivity contribution in [2.45, 2.75) is 39.7 Å². The fourth-order valence-corrected chi connectivity index (χ4v) is 4.03. The van der Waals surface area contributed by atoms with Crippen molar-refractivity contribution in [3.05, 3.63) is 65.6 Å². The highest BCUT2D eigenvalue weighted by molar-refractivity contribution is 6.06. The number of hydrogen-bond donors (Lipinski definition) is 2. The second kappa shape index (κ2) is 10.9. The number of carbonyl (C=O) groups excluding carboxylic acids is 1. The first-order valence-corrected chi connectivity index (χ1v) is 11.8. The van der Waals surface area contributed by atoms with Gasteiger partial charge in [0.05, 0.1) is 31.6 Å². The Balaban J connectivity index is 1.71.